The van der Waals surface area contributed by atoms with Gasteiger partial charge >= 0.3 is 0 Å². The van der Waals surface area contributed by atoms with Crippen molar-refractivity contribution in [2.75, 3.05) is 0 Å². The van der Waals surface area contributed by atoms with E-state index in [9.17, 15) is 8.42 Å². The van der Waals surface area contributed by atoms with Crippen molar-refractivity contribution in [1.82, 2.24) is 14.5 Å². The second-order valence-corrected chi connectivity index (χ2v) is 7.05. The van der Waals surface area contributed by atoms with Crippen LogP contribution in [-0.4, -0.2) is 18.2 Å². The first-order valence-corrected chi connectivity index (χ1v) is 8.98. The molecule has 2 rings (SSSR count). The molecule has 0 aliphatic rings. The summed E-state index contributed by atoms with van der Waals surface area (Å²) in [6.07, 6.45) is 0.891. The molecule has 0 bridgehead atoms. The highest BCUT2D eigenvalue weighted by atomic mass is 32.2. The average Bonchev–Trinajstić information content (AvgIpc) is 2.79. The van der Waals surface area contributed by atoms with Gasteiger partial charge < -0.3 is 0 Å². The summed E-state index contributed by atoms with van der Waals surface area (Å²) in [7, 11) is -3.50. The summed E-state index contributed by atoms with van der Waals surface area (Å²) < 4.78 is 29.3. The molecule has 0 aliphatic carbocycles. The van der Waals surface area contributed by atoms with Gasteiger partial charge in [-0.15, -0.1) is 0 Å². The number of sulfonamides is 1. The van der Waals surface area contributed by atoms with Gasteiger partial charge in [-0.2, -0.15) is 5.10 Å². The van der Waals surface area contributed by atoms with Gasteiger partial charge in [-0.3, -0.25) is 4.68 Å². The fraction of sp³-hybridized carbons (Fsp3) is 0.438. The van der Waals surface area contributed by atoms with Gasteiger partial charge in [-0.25, -0.2) is 13.1 Å². The molecule has 1 aromatic heterocycles. The van der Waals surface area contributed by atoms with Crippen LogP contribution in [-0.2, 0) is 29.5 Å². The number of rotatable bonds is 6. The van der Waals surface area contributed by atoms with Crippen LogP contribution in [0.4, 0.5) is 0 Å². The molecule has 0 saturated carbocycles. The lowest BCUT2D eigenvalue weighted by atomic mass is 10.2. The van der Waals surface area contributed by atoms with Crippen LogP contribution < -0.4 is 4.72 Å². The van der Waals surface area contributed by atoms with E-state index >= 15 is 0 Å². The van der Waals surface area contributed by atoms with Crippen LogP contribution in [0.2, 0.25) is 0 Å². The van der Waals surface area contributed by atoms with Crippen LogP contribution in [0.15, 0.2) is 29.2 Å². The zero-order valence-electron chi connectivity index (χ0n) is 13.5. The molecule has 6 heteroatoms. The van der Waals surface area contributed by atoms with E-state index in [1.165, 1.54) is 0 Å². The molecular weight excluding hydrogens is 298 g/mol. The van der Waals surface area contributed by atoms with E-state index in [1.54, 1.807) is 12.1 Å². The maximum atomic E-state index is 12.4. The van der Waals surface area contributed by atoms with E-state index < -0.39 is 10.0 Å². The topological polar surface area (TPSA) is 64.0 Å². The molecule has 0 saturated heterocycles. The van der Waals surface area contributed by atoms with E-state index in [2.05, 4.69) is 9.82 Å². The maximum absolute atomic E-state index is 12.4. The van der Waals surface area contributed by atoms with Crippen molar-refractivity contribution in [1.29, 1.82) is 0 Å². The number of benzene rings is 1. The van der Waals surface area contributed by atoms with Crippen molar-refractivity contribution < 1.29 is 8.42 Å². The van der Waals surface area contributed by atoms with Crippen molar-refractivity contribution in [2.45, 2.75) is 52.1 Å². The smallest absolute Gasteiger partial charge is 0.240 e. The highest BCUT2D eigenvalue weighted by Gasteiger charge is 2.17. The van der Waals surface area contributed by atoms with Crippen LogP contribution in [0.5, 0.6) is 0 Å². The molecule has 0 unspecified atom stereocenters. The summed E-state index contributed by atoms with van der Waals surface area (Å²) in [5.41, 5.74) is 3.93. The first-order valence-electron chi connectivity index (χ1n) is 7.50. The summed E-state index contributed by atoms with van der Waals surface area (Å²) in [6, 6.07) is 6.99. The first kappa shape index (κ1) is 16.7. The van der Waals surface area contributed by atoms with Gasteiger partial charge in [0.1, 0.15) is 0 Å². The number of nitrogens with zero attached hydrogens (tertiary/aromatic N) is 2. The molecule has 0 radical (unpaired) electrons. The normalized spacial score (nSPS) is 11.8. The number of aromatic nitrogens is 2. The SMILES string of the molecule is CCc1ccc(S(=O)(=O)NCc2c(C)nn(CC)c2C)cc1. The van der Waals surface area contributed by atoms with Gasteiger partial charge in [0.25, 0.3) is 0 Å². The van der Waals surface area contributed by atoms with Crippen molar-refractivity contribution in [3.63, 3.8) is 0 Å². The Morgan fingerprint density at radius 2 is 1.77 bits per heavy atom. The minimum atomic E-state index is -3.50. The van der Waals surface area contributed by atoms with Gasteiger partial charge in [-0.1, -0.05) is 19.1 Å². The van der Waals surface area contributed by atoms with Gasteiger partial charge in [0.2, 0.25) is 10.0 Å². The Morgan fingerprint density at radius 1 is 1.14 bits per heavy atom. The van der Waals surface area contributed by atoms with Crippen LogP contribution in [0.25, 0.3) is 0 Å². The van der Waals surface area contributed by atoms with Crippen molar-refractivity contribution >= 4 is 10.0 Å². The zero-order chi connectivity index (χ0) is 16.3. The van der Waals surface area contributed by atoms with Crippen LogP contribution in [0.3, 0.4) is 0 Å². The summed E-state index contributed by atoms with van der Waals surface area (Å²) in [6.45, 7) is 8.96. The van der Waals surface area contributed by atoms with Crippen LogP contribution in [0, 0.1) is 13.8 Å². The average molecular weight is 321 g/mol. The molecule has 120 valence electrons. The van der Waals surface area contributed by atoms with E-state index in [1.807, 2.05) is 44.5 Å². The standard InChI is InChI=1S/C16H23N3O2S/c1-5-14-7-9-15(10-8-14)22(20,21)17-11-16-12(3)18-19(6-2)13(16)4/h7-10,17H,5-6,11H2,1-4H3. The van der Waals surface area contributed by atoms with Crippen LogP contribution in [0.1, 0.15) is 36.4 Å². The third kappa shape index (κ3) is 3.39. The molecule has 0 spiro atoms. The molecule has 5 nitrogen and oxygen atoms in total. The summed E-state index contributed by atoms with van der Waals surface area (Å²) in [5, 5.41) is 4.41. The maximum Gasteiger partial charge on any atom is 0.240 e. The first-order chi connectivity index (χ1) is 10.4. The van der Waals surface area contributed by atoms with Crippen molar-refractivity contribution in [3.8, 4) is 0 Å². The summed E-state index contributed by atoms with van der Waals surface area (Å²) in [4.78, 5) is 0.294. The van der Waals surface area contributed by atoms with Crippen LogP contribution >= 0.6 is 0 Å². The Morgan fingerprint density at radius 3 is 2.27 bits per heavy atom. The van der Waals surface area contributed by atoms with Gasteiger partial charge in [0.15, 0.2) is 0 Å². The lowest BCUT2D eigenvalue weighted by Crippen LogP contribution is -2.23. The molecule has 1 heterocycles. The second-order valence-electron chi connectivity index (χ2n) is 5.29. The summed E-state index contributed by atoms with van der Waals surface area (Å²) in [5.74, 6) is 0. The Bertz CT molecular complexity index is 746. The summed E-state index contributed by atoms with van der Waals surface area (Å²) >= 11 is 0. The Balaban J connectivity index is 2.17. The monoisotopic (exact) mass is 321 g/mol. The predicted octanol–water partition coefficient (Wildman–Crippen LogP) is 2.56. The zero-order valence-corrected chi connectivity index (χ0v) is 14.4. The second kappa shape index (κ2) is 6.62. The molecule has 0 atom stereocenters. The van der Waals surface area contributed by atoms with E-state index in [4.69, 9.17) is 0 Å². The largest absolute Gasteiger partial charge is 0.270 e. The molecule has 2 aromatic rings. The fourth-order valence-electron chi connectivity index (χ4n) is 2.45. The molecule has 0 fully saturated rings. The quantitative estimate of drug-likeness (QED) is 0.889. The lowest BCUT2D eigenvalue weighted by molar-refractivity contribution is 0.581. The fourth-order valence-corrected chi connectivity index (χ4v) is 3.45. The lowest BCUT2D eigenvalue weighted by Gasteiger charge is -2.08. The molecule has 1 N–H and O–H groups in total. The number of aryl methyl sites for hydroxylation is 3. The number of hydrogen-bond acceptors (Lipinski definition) is 3. The van der Waals surface area contributed by atoms with E-state index in [0.29, 0.717) is 4.90 Å². The molecule has 22 heavy (non-hydrogen) atoms. The molecule has 0 amide bonds. The number of hydrogen-bond donors (Lipinski definition) is 1. The van der Waals surface area contributed by atoms with E-state index in [-0.39, 0.29) is 6.54 Å². The van der Waals surface area contributed by atoms with Crippen molar-refractivity contribution in [2.24, 2.45) is 0 Å². The highest BCUT2D eigenvalue weighted by molar-refractivity contribution is 7.89. The third-order valence-electron chi connectivity index (χ3n) is 3.91. The van der Waals surface area contributed by atoms with Gasteiger partial charge in [-0.05, 0) is 44.9 Å². The van der Waals surface area contributed by atoms with Gasteiger partial charge in [0, 0.05) is 24.3 Å². The van der Waals surface area contributed by atoms with E-state index in [0.717, 1.165) is 35.5 Å². The predicted molar refractivity (Wildman–Crippen MR) is 87.2 cm³/mol. The minimum absolute atomic E-state index is 0.259. The third-order valence-corrected chi connectivity index (χ3v) is 5.33. The van der Waals surface area contributed by atoms with Crippen molar-refractivity contribution in [3.05, 3.63) is 46.8 Å². The molecular formula is C16H23N3O2S. The minimum Gasteiger partial charge on any atom is -0.270 e. The Hall–Kier alpha value is -1.66. The highest BCUT2D eigenvalue weighted by Crippen LogP contribution is 2.15. The Kier molecular flexibility index (Phi) is 5.03. The van der Waals surface area contributed by atoms with Gasteiger partial charge in [0.05, 0.1) is 10.6 Å². The molecule has 0 aliphatic heterocycles. The number of nitrogens with one attached hydrogen (secondary N) is 1. The molecule has 1 aromatic carbocycles. The Labute approximate surface area is 132 Å².